The lowest BCUT2D eigenvalue weighted by Crippen LogP contribution is -2.30. The Bertz CT molecular complexity index is 433. The SMILES string of the molecule is CCC1CCCCC1OCc1ccc(C(=O)NN)cn1. The quantitative estimate of drug-likeness (QED) is 0.491. The summed E-state index contributed by atoms with van der Waals surface area (Å²) in [6.07, 6.45) is 8.04. The molecule has 1 aliphatic rings. The summed E-state index contributed by atoms with van der Waals surface area (Å²) in [5.41, 5.74) is 3.39. The number of carbonyl (C=O) groups is 1. The summed E-state index contributed by atoms with van der Waals surface area (Å²) in [6, 6.07) is 3.53. The van der Waals surface area contributed by atoms with Crippen molar-refractivity contribution >= 4 is 5.91 Å². The average Bonchev–Trinajstić information content (AvgIpc) is 2.53. The van der Waals surface area contributed by atoms with Gasteiger partial charge in [-0.25, -0.2) is 5.84 Å². The van der Waals surface area contributed by atoms with Crippen molar-refractivity contribution in [3.8, 4) is 0 Å². The molecule has 5 heteroatoms. The number of nitrogens with zero attached hydrogens (tertiary/aromatic N) is 1. The van der Waals surface area contributed by atoms with E-state index in [1.54, 1.807) is 6.07 Å². The molecule has 2 unspecified atom stereocenters. The van der Waals surface area contributed by atoms with Crippen LogP contribution in [0.25, 0.3) is 0 Å². The molecule has 1 aromatic rings. The van der Waals surface area contributed by atoms with Gasteiger partial charge in [0.2, 0.25) is 0 Å². The van der Waals surface area contributed by atoms with Crippen LogP contribution in [0.2, 0.25) is 0 Å². The Morgan fingerprint density at radius 1 is 1.45 bits per heavy atom. The van der Waals surface area contributed by atoms with E-state index in [9.17, 15) is 4.79 Å². The van der Waals surface area contributed by atoms with Crippen LogP contribution >= 0.6 is 0 Å². The lowest BCUT2D eigenvalue weighted by atomic mass is 9.85. The van der Waals surface area contributed by atoms with Crippen molar-refractivity contribution in [2.75, 3.05) is 0 Å². The number of nitrogens with two attached hydrogens (primary N) is 1. The smallest absolute Gasteiger partial charge is 0.266 e. The molecule has 0 bridgehead atoms. The molecule has 0 aliphatic heterocycles. The Labute approximate surface area is 119 Å². The average molecular weight is 277 g/mol. The highest BCUT2D eigenvalue weighted by Gasteiger charge is 2.24. The van der Waals surface area contributed by atoms with E-state index in [0.29, 0.717) is 24.2 Å². The standard InChI is InChI=1S/C15H23N3O2/c1-2-11-5-3-4-6-14(11)20-10-13-8-7-12(9-17-13)15(19)18-16/h7-9,11,14H,2-6,10,16H2,1H3,(H,18,19). The monoisotopic (exact) mass is 277 g/mol. The van der Waals surface area contributed by atoms with Crippen LogP contribution in [0, 0.1) is 5.92 Å². The maximum atomic E-state index is 11.3. The lowest BCUT2D eigenvalue weighted by Gasteiger charge is -2.30. The van der Waals surface area contributed by atoms with Crippen LogP contribution in [0.3, 0.4) is 0 Å². The third-order valence-electron chi connectivity index (χ3n) is 4.03. The Kier molecular flexibility index (Phi) is 5.49. The molecule has 3 N–H and O–H groups in total. The molecule has 0 radical (unpaired) electrons. The van der Waals surface area contributed by atoms with Gasteiger partial charge in [-0.1, -0.05) is 26.2 Å². The number of aromatic nitrogens is 1. The number of nitrogen functional groups attached to an aromatic ring is 1. The van der Waals surface area contributed by atoms with Crippen molar-refractivity contribution in [1.82, 2.24) is 10.4 Å². The Hall–Kier alpha value is -1.46. The van der Waals surface area contributed by atoms with Gasteiger partial charge in [0.1, 0.15) is 0 Å². The van der Waals surface area contributed by atoms with Crippen LogP contribution in [0.15, 0.2) is 18.3 Å². The van der Waals surface area contributed by atoms with Gasteiger partial charge in [0.15, 0.2) is 0 Å². The Morgan fingerprint density at radius 3 is 2.90 bits per heavy atom. The number of nitrogens with one attached hydrogen (secondary N) is 1. The van der Waals surface area contributed by atoms with Gasteiger partial charge in [0, 0.05) is 6.20 Å². The Balaban J connectivity index is 1.88. The molecule has 20 heavy (non-hydrogen) atoms. The molecule has 5 nitrogen and oxygen atoms in total. The second kappa shape index (κ2) is 7.36. The van der Waals surface area contributed by atoms with E-state index in [-0.39, 0.29) is 5.91 Å². The zero-order chi connectivity index (χ0) is 14.4. The molecule has 2 atom stereocenters. The molecule has 1 heterocycles. The highest BCUT2D eigenvalue weighted by atomic mass is 16.5. The molecule has 0 spiro atoms. The second-order valence-electron chi connectivity index (χ2n) is 5.31. The highest BCUT2D eigenvalue weighted by molar-refractivity contribution is 5.93. The van der Waals surface area contributed by atoms with Gasteiger partial charge < -0.3 is 4.74 Å². The minimum absolute atomic E-state index is 0.330. The van der Waals surface area contributed by atoms with Crippen LogP contribution in [-0.4, -0.2) is 17.0 Å². The summed E-state index contributed by atoms with van der Waals surface area (Å²) in [5.74, 6) is 5.42. The van der Waals surface area contributed by atoms with E-state index in [1.165, 1.54) is 31.9 Å². The van der Waals surface area contributed by atoms with Crippen molar-refractivity contribution < 1.29 is 9.53 Å². The van der Waals surface area contributed by atoms with Gasteiger partial charge >= 0.3 is 0 Å². The van der Waals surface area contributed by atoms with Crippen LogP contribution in [0.1, 0.15) is 55.1 Å². The molecule has 2 rings (SSSR count). The van der Waals surface area contributed by atoms with Crippen LogP contribution in [0.4, 0.5) is 0 Å². The predicted octanol–water partition coefficient (Wildman–Crippen LogP) is 2.17. The summed E-state index contributed by atoms with van der Waals surface area (Å²) in [4.78, 5) is 15.5. The topological polar surface area (TPSA) is 77.2 Å². The molecule has 1 aromatic heterocycles. The number of amides is 1. The number of hydrazine groups is 1. The normalized spacial score (nSPS) is 22.5. The number of rotatable bonds is 5. The molecular formula is C15H23N3O2. The van der Waals surface area contributed by atoms with Crippen molar-refractivity contribution in [2.24, 2.45) is 11.8 Å². The number of pyridine rings is 1. The molecule has 1 amide bonds. The van der Waals surface area contributed by atoms with Crippen molar-refractivity contribution in [2.45, 2.75) is 51.7 Å². The van der Waals surface area contributed by atoms with Crippen LogP contribution < -0.4 is 11.3 Å². The second-order valence-corrected chi connectivity index (χ2v) is 5.31. The number of hydrogen-bond donors (Lipinski definition) is 2. The summed E-state index contributed by atoms with van der Waals surface area (Å²) < 4.78 is 6.01. The highest BCUT2D eigenvalue weighted by Crippen LogP contribution is 2.29. The van der Waals surface area contributed by atoms with E-state index in [4.69, 9.17) is 10.6 Å². The van der Waals surface area contributed by atoms with E-state index in [2.05, 4.69) is 17.3 Å². The van der Waals surface area contributed by atoms with E-state index in [1.807, 2.05) is 6.07 Å². The molecule has 1 saturated carbocycles. The van der Waals surface area contributed by atoms with Gasteiger partial charge in [-0.15, -0.1) is 0 Å². The molecular weight excluding hydrogens is 254 g/mol. The molecule has 1 fully saturated rings. The van der Waals surface area contributed by atoms with Gasteiger partial charge in [-0.2, -0.15) is 0 Å². The van der Waals surface area contributed by atoms with E-state index in [0.717, 1.165) is 12.1 Å². The molecule has 110 valence electrons. The fraction of sp³-hybridized carbons (Fsp3) is 0.600. The summed E-state index contributed by atoms with van der Waals surface area (Å²) in [5, 5.41) is 0. The number of carbonyl (C=O) groups excluding carboxylic acids is 1. The van der Waals surface area contributed by atoms with Gasteiger partial charge in [0.25, 0.3) is 5.91 Å². The minimum Gasteiger partial charge on any atom is -0.372 e. The van der Waals surface area contributed by atoms with E-state index >= 15 is 0 Å². The van der Waals surface area contributed by atoms with Crippen LogP contribution in [0.5, 0.6) is 0 Å². The Morgan fingerprint density at radius 2 is 2.25 bits per heavy atom. The molecule has 0 aromatic carbocycles. The van der Waals surface area contributed by atoms with Crippen LogP contribution in [-0.2, 0) is 11.3 Å². The zero-order valence-corrected chi connectivity index (χ0v) is 12.0. The molecule has 1 aliphatic carbocycles. The first-order valence-corrected chi connectivity index (χ1v) is 7.32. The summed E-state index contributed by atoms with van der Waals surface area (Å²) in [7, 11) is 0. The first-order valence-electron chi connectivity index (χ1n) is 7.32. The lowest BCUT2D eigenvalue weighted by molar-refractivity contribution is -0.0234. The van der Waals surface area contributed by atoms with Gasteiger partial charge in [-0.05, 0) is 30.9 Å². The molecule has 0 saturated heterocycles. The largest absolute Gasteiger partial charge is 0.372 e. The van der Waals surface area contributed by atoms with Crippen molar-refractivity contribution in [3.63, 3.8) is 0 Å². The minimum atomic E-state index is -0.330. The maximum absolute atomic E-state index is 11.3. The van der Waals surface area contributed by atoms with Crippen molar-refractivity contribution in [1.29, 1.82) is 0 Å². The van der Waals surface area contributed by atoms with E-state index < -0.39 is 0 Å². The van der Waals surface area contributed by atoms with Gasteiger partial charge in [-0.3, -0.25) is 15.2 Å². The number of hydrogen-bond acceptors (Lipinski definition) is 4. The third-order valence-corrected chi connectivity index (χ3v) is 4.03. The zero-order valence-electron chi connectivity index (χ0n) is 12.0. The fourth-order valence-electron chi connectivity index (χ4n) is 2.78. The summed E-state index contributed by atoms with van der Waals surface area (Å²) >= 11 is 0. The first kappa shape index (κ1) is 14.9. The first-order chi connectivity index (χ1) is 9.74. The number of ether oxygens (including phenoxy) is 1. The maximum Gasteiger partial charge on any atom is 0.266 e. The predicted molar refractivity (Wildman–Crippen MR) is 76.7 cm³/mol. The summed E-state index contributed by atoms with van der Waals surface area (Å²) in [6.45, 7) is 2.73. The third kappa shape index (κ3) is 3.77. The van der Waals surface area contributed by atoms with Crippen molar-refractivity contribution in [3.05, 3.63) is 29.6 Å². The fourth-order valence-corrected chi connectivity index (χ4v) is 2.78. The van der Waals surface area contributed by atoms with Gasteiger partial charge in [0.05, 0.1) is 24.0 Å².